The van der Waals surface area contributed by atoms with Crippen molar-refractivity contribution in [3.8, 4) is 10.6 Å². The van der Waals surface area contributed by atoms with E-state index in [9.17, 15) is 21.6 Å². The number of nitrogens with zero attached hydrogens (tertiary/aromatic N) is 2. The molecule has 0 bridgehead atoms. The highest BCUT2D eigenvalue weighted by Crippen LogP contribution is 2.40. The first kappa shape index (κ1) is 16.3. The summed E-state index contributed by atoms with van der Waals surface area (Å²) in [5.41, 5.74) is -1.25. The van der Waals surface area contributed by atoms with Crippen LogP contribution in [-0.2, 0) is 22.6 Å². The van der Waals surface area contributed by atoms with Crippen LogP contribution in [0, 0.1) is 6.92 Å². The maximum Gasteiger partial charge on any atom is 0.420 e. The first-order valence-electron chi connectivity index (χ1n) is 6.66. The van der Waals surface area contributed by atoms with Gasteiger partial charge in [-0.3, -0.25) is 0 Å². The number of nitrogens with one attached hydrogen (secondary N) is 1. The van der Waals surface area contributed by atoms with Gasteiger partial charge in [-0.2, -0.15) is 13.2 Å². The average molecular weight is 363 g/mol. The first-order chi connectivity index (χ1) is 10.7. The second-order valence-electron chi connectivity index (χ2n) is 5.07. The van der Waals surface area contributed by atoms with E-state index in [4.69, 9.17) is 0 Å². The smallest absolute Gasteiger partial charge is 0.311 e. The van der Waals surface area contributed by atoms with Gasteiger partial charge >= 0.3 is 6.18 Å². The molecule has 1 N–H and O–H groups in total. The molecule has 0 fully saturated rings. The lowest BCUT2D eigenvalue weighted by molar-refractivity contribution is -0.137. The summed E-state index contributed by atoms with van der Waals surface area (Å²) in [5.74, 6) is 0.114. The van der Waals surface area contributed by atoms with Crippen LogP contribution in [0.3, 0.4) is 0 Å². The van der Waals surface area contributed by atoms with E-state index < -0.39 is 21.6 Å². The summed E-state index contributed by atoms with van der Waals surface area (Å²) in [7, 11) is -3.50. The summed E-state index contributed by atoms with van der Waals surface area (Å²) in [6.45, 7) is 2.12. The molecular weight excluding hydrogens is 351 g/mol. The Hall–Kier alpha value is -1.52. The minimum absolute atomic E-state index is 0.0783. The number of aryl methyl sites for hydroxylation is 1. The fraction of sp³-hybridized carbons (Fsp3) is 0.385. The molecule has 0 atom stereocenters. The molecule has 124 valence electrons. The highest BCUT2D eigenvalue weighted by Gasteiger charge is 2.36. The Bertz CT molecular complexity index is 860. The maximum atomic E-state index is 13.2. The maximum absolute atomic E-state index is 13.2. The molecule has 1 aliphatic heterocycles. The van der Waals surface area contributed by atoms with Crippen molar-refractivity contribution < 1.29 is 21.6 Å². The molecule has 2 aromatic heterocycles. The summed E-state index contributed by atoms with van der Waals surface area (Å²) in [5, 5.41) is 2.96. The molecular formula is C13H12F3N3O2S2. The van der Waals surface area contributed by atoms with Crippen LogP contribution in [0.15, 0.2) is 17.2 Å². The Morgan fingerprint density at radius 3 is 2.78 bits per heavy atom. The van der Waals surface area contributed by atoms with Gasteiger partial charge in [-0.05, 0) is 13.0 Å². The van der Waals surface area contributed by atoms with Crippen LogP contribution in [0.25, 0.3) is 10.6 Å². The number of aromatic nitrogens is 2. The summed E-state index contributed by atoms with van der Waals surface area (Å²) < 4.78 is 63.9. The van der Waals surface area contributed by atoms with Gasteiger partial charge in [0.05, 0.1) is 21.2 Å². The average Bonchev–Trinajstić information content (AvgIpc) is 2.82. The molecule has 0 aromatic carbocycles. The normalized spacial score (nSPS) is 17.6. The lowest BCUT2D eigenvalue weighted by Gasteiger charge is -2.10. The highest BCUT2D eigenvalue weighted by molar-refractivity contribution is 7.91. The predicted molar refractivity (Wildman–Crippen MR) is 78.8 cm³/mol. The summed E-state index contributed by atoms with van der Waals surface area (Å²) in [4.78, 5) is 8.26. The molecule has 0 amide bonds. The van der Waals surface area contributed by atoms with Crippen LogP contribution in [0.1, 0.15) is 16.3 Å². The summed E-state index contributed by atoms with van der Waals surface area (Å²) in [6, 6.07) is 1.29. The third-order valence-electron chi connectivity index (χ3n) is 3.39. The Kier molecular flexibility index (Phi) is 3.93. The standard InChI is InChI=1S/C13H12F3N3O2S2/c1-7-18-5-8(13(14,15)16)12(19-7)9-4-11-10(22-9)6-17-2-3-23(11,20)21/h4-5,17H,2-3,6H2,1H3. The van der Waals surface area contributed by atoms with E-state index in [0.717, 1.165) is 17.5 Å². The molecule has 0 saturated carbocycles. The second kappa shape index (κ2) is 5.53. The van der Waals surface area contributed by atoms with E-state index in [1.807, 2.05) is 0 Å². The molecule has 3 heterocycles. The van der Waals surface area contributed by atoms with Crippen LogP contribution in [-0.4, -0.2) is 30.7 Å². The van der Waals surface area contributed by atoms with Gasteiger partial charge in [0.15, 0.2) is 9.84 Å². The van der Waals surface area contributed by atoms with E-state index in [1.54, 1.807) is 0 Å². The molecule has 0 spiro atoms. The van der Waals surface area contributed by atoms with Gasteiger partial charge in [0.2, 0.25) is 0 Å². The number of alkyl halides is 3. The Labute approximate surface area is 134 Å². The number of sulfone groups is 1. The molecule has 3 rings (SSSR count). The zero-order chi connectivity index (χ0) is 16.8. The van der Waals surface area contributed by atoms with Crippen molar-refractivity contribution in [1.29, 1.82) is 0 Å². The molecule has 23 heavy (non-hydrogen) atoms. The lowest BCUT2D eigenvalue weighted by Crippen LogP contribution is -2.17. The van der Waals surface area contributed by atoms with Crippen molar-refractivity contribution >= 4 is 21.2 Å². The van der Waals surface area contributed by atoms with Crippen LogP contribution in [0.2, 0.25) is 0 Å². The fourth-order valence-corrected chi connectivity index (χ4v) is 5.26. The van der Waals surface area contributed by atoms with Crippen LogP contribution in [0.4, 0.5) is 13.2 Å². The fourth-order valence-electron chi connectivity index (χ4n) is 2.30. The molecule has 0 aliphatic carbocycles. The number of rotatable bonds is 1. The van der Waals surface area contributed by atoms with E-state index in [1.165, 1.54) is 13.0 Å². The number of hydrogen-bond acceptors (Lipinski definition) is 6. The quantitative estimate of drug-likeness (QED) is 0.842. The van der Waals surface area contributed by atoms with Gasteiger partial charge in [-0.1, -0.05) is 0 Å². The van der Waals surface area contributed by atoms with Gasteiger partial charge < -0.3 is 5.32 Å². The van der Waals surface area contributed by atoms with Crippen molar-refractivity contribution in [3.05, 3.63) is 28.5 Å². The summed E-state index contributed by atoms with van der Waals surface area (Å²) in [6.07, 6.45) is -3.88. The third-order valence-corrected chi connectivity index (χ3v) is 6.43. The van der Waals surface area contributed by atoms with Crippen LogP contribution < -0.4 is 5.32 Å². The van der Waals surface area contributed by atoms with Gasteiger partial charge in [-0.25, -0.2) is 18.4 Å². The van der Waals surface area contributed by atoms with Crippen molar-refractivity contribution in [3.63, 3.8) is 0 Å². The minimum atomic E-state index is -4.61. The minimum Gasteiger partial charge on any atom is -0.311 e. The molecule has 5 nitrogen and oxygen atoms in total. The van der Waals surface area contributed by atoms with Crippen LogP contribution >= 0.6 is 11.3 Å². The van der Waals surface area contributed by atoms with Crippen molar-refractivity contribution in [2.75, 3.05) is 12.3 Å². The molecule has 0 radical (unpaired) electrons. The third kappa shape index (κ3) is 3.10. The number of fused-ring (bicyclic) bond motifs is 1. The van der Waals surface area contributed by atoms with Gasteiger partial charge in [0.1, 0.15) is 11.4 Å². The summed E-state index contributed by atoms with van der Waals surface area (Å²) >= 11 is 1.01. The topological polar surface area (TPSA) is 72.0 Å². The highest BCUT2D eigenvalue weighted by atomic mass is 32.2. The predicted octanol–water partition coefficient (Wildman–Crippen LogP) is 2.41. The Morgan fingerprint density at radius 2 is 2.09 bits per heavy atom. The molecule has 0 unspecified atom stereocenters. The molecule has 0 saturated heterocycles. The van der Waals surface area contributed by atoms with E-state index in [2.05, 4.69) is 15.3 Å². The zero-order valence-electron chi connectivity index (χ0n) is 11.9. The van der Waals surface area contributed by atoms with Gasteiger partial charge in [0.25, 0.3) is 0 Å². The van der Waals surface area contributed by atoms with Crippen molar-refractivity contribution in [1.82, 2.24) is 15.3 Å². The monoisotopic (exact) mass is 363 g/mol. The number of thiophene rings is 1. The van der Waals surface area contributed by atoms with E-state index in [-0.39, 0.29) is 27.0 Å². The second-order valence-corrected chi connectivity index (χ2v) is 8.29. The lowest BCUT2D eigenvalue weighted by atomic mass is 10.2. The zero-order valence-corrected chi connectivity index (χ0v) is 13.6. The van der Waals surface area contributed by atoms with Crippen molar-refractivity contribution in [2.45, 2.75) is 24.5 Å². The van der Waals surface area contributed by atoms with E-state index in [0.29, 0.717) is 18.0 Å². The number of halogens is 3. The molecule has 1 aliphatic rings. The van der Waals surface area contributed by atoms with E-state index >= 15 is 0 Å². The van der Waals surface area contributed by atoms with Gasteiger partial charge in [0, 0.05) is 24.2 Å². The number of hydrogen-bond donors (Lipinski definition) is 1. The first-order valence-corrected chi connectivity index (χ1v) is 9.13. The largest absolute Gasteiger partial charge is 0.420 e. The molecule has 10 heteroatoms. The molecule has 2 aromatic rings. The SMILES string of the molecule is Cc1ncc(C(F)(F)F)c(-c2cc3c(s2)CNCCS3(=O)=O)n1. The Balaban J connectivity index is 2.20. The van der Waals surface area contributed by atoms with Gasteiger partial charge in [-0.15, -0.1) is 11.3 Å². The Morgan fingerprint density at radius 1 is 1.35 bits per heavy atom. The van der Waals surface area contributed by atoms with Crippen molar-refractivity contribution in [2.24, 2.45) is 0 Å². The van der Waals surface area contributed by atoms with Crippen LogP contribution in [0.5, 0.6) is 0 Å².